The van der Waals surface area contributed by atoms with Crippen LogP contribution in [-0.4, -0.2) is 7.11 Å². The normalized spacial score (nSPS) is 12.5. The van der Waals surface area contributed by atoms with E-state index in [4.69, 9.17) is 4.74 Å². The van der Waals surface area contributed by atoms with Gasteiger partial charge in [-0.25, -0.2) is 0 Å². The first-order valence-corrected chi connectivity index (χ1v) is 8.20. The Hall–Kier alpha value is -2.02. The van der Waals surface area contributed by atoms with Crippen LogP contribution in [0.2, 0.25) is 0 Å². The number of hydrogen-bond donors (Lipinski definition) is 0. The van der Waals surface area contributed by atoms with Crippen molar-refractivity contribution in [1.29, 1.82) is 0 Å². The van der Waals surface area contributed by atoms with Crippen molar-refractivity contribution in [2.24, 2.45) is 0 Å². The number of allylic oxidation sites excluding steroid dienone is 1. The molecule has 116 valence electrons. The number of hydrogen-bond acceptors (Lipinski definition) is 1. The van der Waals surface area contributed by atoms with E-state index in [1.807, 2.05) is 0 Å². The molecule has 0 saturated heterocycles. The van der Waals surface area contributed by atoms with Gasteiger partial charge in [0.25, 0.3) is 0 Å². The van der Waals surface area contributed by atoms with Gasteiger partial charge in [0.1, 0.15) is 5.75 Å². The van der Waals surface area contributed by atoms with Crippen molar-refractivity contribution in [3.05, 3.63) is 71.8 Å². The molecule has 0 spiro atoms. The highest BCUT2D eigenvalue weighted by Gasteiger charge is 2.08. The zero-order valence-corrected chi connectivity index (χ0v) is 13.7. The fourth-order valence-corrected chi connectivity index (χ4v) is 2.63. The Bertz CT molecular complexity index is 554. The minimum absolute atomic E-state index is 0.470. The predicted octanol–water partition coefficient (Wildman–Crippen LogP) is 6.07. The molecule has 0 aliphatic heterocycles. The predicted molar refractivity (Wildman–Crippen MR) is 95.4 cm³/mol. The van der Waals surface area contributed by atoms with Gasteiger partial charge in [-0.3, -0.25) is 0 Å². The van der Waals surface area contributed by atoms with Gasteiger partial charge in [0.15, 0.2) is 0 Å². The second kappa shape index (κ2) is 9.09. The van der Waals surface area contributed by atoms with Gasteiger partial charge in [0.05, 0.1) is 7.11 Å². The largest absolute Gasteiger partial charge is 0.497 e. The Morgan fingerprint density at radius 3 is 2.32 bits per heavy atom. The number of ether oxygens (including phenoxy) is 1. The van der Waals surface area contributed by atoms with E-state index < -0.39 is 0 Å². The fourth-order valence-electron chi connectivity index (χ4n) is 2.63. The van der Waals surface area contributed by atoms with E-state index in [1.165, 1.54) is 36.8 Å². The molecule has 0 N–H and O–H groups in total. The van der Waals surface area contributed by atoms with E-state index in [9.17, 15) is 0 Å². The van der Waals surface area contributed by atoms with Crippen LogP contribution in [0.4, 0.5) is 0 Å². The maximum atomic E-state index is 5.26. The highest BCUT2D eigenvalue weighted by atomic mass is 16.5. The smallest absolute Gasteiger partial charge is 0.118 e. The Labute approximate surface area is 134 Å². The molecular weight excluding hydrogens is 268 g/mol. The van der Waals surface area contributed by atoms with Crippen LogP contribution in [-0.2, 0) is 0 Å². The Morgan fingerprint density at radius 1 is 0.955 bits per heavy atom. The summed E-state index contributed by atoms with van der Waals surface area (Å²) in [6.45, 7) is 2.25. The van der Waals surface area contributed by atoms with E-state index in [-0.39, 0.29) is 0 Å². The van der Waals surface area contributed by atoms with Gasteiger partial charge < -0.3 is 4.74 Å². The maximum Gasteiger partial charge on any atom is 0.118 e. The molecule has 0 amide bonds. The number of rotatable bonds is 8. The molecule has 2 aromatic rings. The summed E-state index contributed by atoms with van der Waals surface area (Å²) in [7, 11) is 1.71. The molecule has 2 aromatic carbocycles. The van der Waals surface area contributed by atoms with Gasteiger partial charge >= 0.3 is 0 Å². The second-order valence-electron chi connectivity index (χ2n) is 5.65. The molecule has 0 heterocycles. The van der Waals surface area contributed by atoms with Crippen LogP contribution in [0.5, 0.6) is 5.75 Å². The summed E-state index contributed by atoms with van der Waals surface area (Å²) >= 11 is 0. The van der Waals surface area contributed by atoms with Gasteiger partial charge in [0.2, 0.25) is 0 Å². The van der Waals surface area contributed by atoms with Crippen molar-refractivity contribution in [1.82, 2.24) is 0 Å². The summed E-state index contributed by atoms with van der Waals surface area (Å²) in [5.74, 6) is 1.39. The topological polar surface area (TPSA) is 9.23 Å². The Morgan fingerprint density at radius 2 is 1.68 bits per heavy atom. The molecule has 0 aliphatic rings. The highest BCUT2D eigenvalue weighted by Crippen LogP contribution is 2.26. The monoisotopic (exact) mass is 294 g/mol. The lowest BCUT2D eigenvalue weighted by Crippen LogP contribution is -1.96. The zero-order chi connectivity index (χ0) is 15.6. The van der Waals surface area contributed by atoms with Crippen LogP contribution in [0.15, 0.2) is 60.7 Å². The minimum Gasteiger partial charge on any atom is -0.497 e. The van der Waals surface area contributed by atoms with Crippen LogP contribution in [0.1, 0.15) is 49.7 Å². The molecular formula is C21H26O. The van der Waals surface area contributed by atoms with Crippen molar-refractivity contribution in [3.63, 3.8) is 0 Å². The minimum atomic E-state index is 0.470. The third-order valence-electron chi connectivity index (χ3n) is 3.98. The molecule has 0 aliphatic carbocycles. The second-order valence-corrected chi connectivity index (χ2v) is 5.65. The first-order valence-electron chi connectivity index (χ1n) is 8.20. The van der Waals surface area contributed by atoms with Crippen molar-refractivity contribution in [2.75, 3.05) is 7.11 Å². The summed E-state index contributed by atoms with van der Waals surface area (Å²) in [5, 5.41) is 0. The number of methoxy groups -OCH3 is 1. The van der Waals surface area contributed by atoms with E-state index in [0.717, 1.165) is 5.75 Å². The van der Waals surface area contributed by atoms with Crippen LogP contribution in [0, 0.1) is 0 Å². The maximum absolute atomic E-state index is 5.26. The summed E-state index contributed by atoms with van der Waals surface area (Å²) in [6.07, 6.45) is 9.60. The van der Waals surface area contributed by atoms with Crippen LogP contribution < -0.4 is 4.74 Å². The molecule has 1 nitrogen and oxygen atoms in total. The van der Waals surface area contributed by atoms with E-state index in [0.29, 0.717) is 5.92 Å². The van der Waals surface area contributed by atoms with Crippen molar-refractivity contribution in [2.45, 2.75) is 38.5 Å². The molecule has 0 radical (unpaired) electrons. The average Bonchev–Trinajstić information content (AvgIpc) is 2.59. The van der Waals surface area contributed by atoms with E-state index in [1.54, 1.807) is 7.11 Å². The number of benzene rings is 2. The van der Waals surface area contributed by atoms with Crippen LogP contribution in [0.25, 0.3) is 6.08 Å². The molecule has 22 heavy (non-hydrogen) atoms. The number of unbranched alkanes of at least 4 members (excludes halogenated alkanes) is 2. The van der Waals surface area contributed by atoms with Crippen molar-refractivity contribution >= 4 is 6.08 Å². The third kappa shape index (κ3) is 5.07. The average molecular weight is 294 g/mol. The van der Waals surface area contributed by atoms with Gasteiger partial charge in [-0.1, -0.05) is 80.8 Å². The lowest BCUT2D eigenvalue weighted by Gasteiger charge is -2.14. The van der Waals surface area contributed by atoms with E-state index >= 15 is 0 Å². The molecule has 1 atom stereocenters. The SMILES string of the molecule is CCCCCC(/C=C/c1ccccc1)c1ccc(OC)cc1. The van der Waals surface area contributed by atoms with Crippen LogP contribution in [0.3, 0.4) is 0 Å². The molecule has 2 rings (SSSR count). The van der Waals surface area contributed by atoms with Crippen LogP contribution >= 0.6 is 0 Å². The first-order chi connectivity index (χ1) is 10.8. The molecule has 0 saturated carbocycles. The van der Waals surface area contributed by atoms with Gasteiger partial charge in [-0.15, -0.1) is 0 Å². The van der Waals surface area contributed by atoms with Crippen molar-refractivity contribution < 1.29 is 4.74 Å². The summed E-state index contributed by atoms with van der Waals surface area (Å²) in [4.78, 5) is 0. The van der Waals surface area contributed by atoms with Gasteiger partial charge in [-0.05, 0) is 29.7 Å². The summed E-state index contributed by atoms with van der Waals surface area (Å²) in [5.41, 5.74) is 2.63. The quantitative estimate of drug-likeness (QED) is 0.537. The standard InChI is InChI=1S/C21H26O/c1-3-4-6-11-19(13-12-18-9-7-5-8-10-18)20-14-16-21(22-2)17-15-20/h5,7-10,12-17,19H,3-4,6,11H2,1-2H3/b13-12+. The fraction of sp³-hybridized carbons (Fsp3) is 0.333. The third-order valence-corrected chi connectivity index (χ3v) is 3.98. The molecule has 0 fully saturated rings. The lowest BCUT2D eigenvalue weighted by molar-refractivity contribution is 0.414. The summed E-state index contributed by atoms with van der Waals surface area (Å²) < 4.78 is 5.26. The van der Waals surface area contributed by atoms with Crippen molar-refractivity contribution in [3.8, 4) is 5.75 Å². The Balaban J connectivity index is 2.12. The molecule has 1 unspecified atom stereocenters. The summed E-state index contributed by atoms with van der Waals surface area (Å²) in [6, 6.07) is 19.0. The van der Waals surface area contributed by atoms with Gasteiger partial charge in [-0.2, -0.15) is 0 Å². The van der Waals surface area contributed by atoms with Gasteiger partial charge in [0, 0.05) is 5.92 Å². The Kier molecular flexibility index (Phi) is 6.76. The molecule has 0 bridgehead atoms. The molecule has 1 heteroatoms. The molecule has 0 aromatic heterocycles. The first kappa shape index (κ1) is 16.4. The lowest BCUT2D eigenvalue weighted by atomic mass is 9.92. The highest BCUT2D eigenvalue weighted by molar-refractivity contribution is 5.50. The zero-order valence-electron chi connectivity index (χ0n) is 13.7. The van der Waals surface area contributed by atoms with E-state index in [2.05, 4.69) is 73.7 Å².